The van der Waals surface area contributed by atoms with E-state index in [4.69, 9.17) is 11.0 Å². The molecule has 0 fully saturated rings. The SMILES string of the molecule is CCCCC(N)CC(C)C#N. The van der Waals surface area contributed by atoms with Gasteiger partial charge in [0, 0.05) is 12.0 Å². The van der Waals surface area contributed by atoms with Gasteiger partial charge in [0.25, 0.3) is 0 Å². The van der Waals surface area contributed by atoms with Gasteiger partial charge in [-0.15, -0.1) is 0 Å². The average molecular weight is 154 g/mol. The molecule has 0 spiro atoms. The zero-order valence-corrected chi connectivity index (χ0v) is 7.51. The fourth-order valence-electron chi connectivity index (χ4n) is 1.09. The third-order valence-electron chi connectivity index (χ3n) is 1.81. The minimum absolute atomic E-state index is 0.113. The topological polar surface area (TPSA) is 49.8 Å². The van der Waals surface area contributed by atoms with E-state index in [1.54, 1.807) is 0 Å². The van der Waals surface area contributed by atoms with Gasteiger partial charge in [-0.2, -0.15) is 5.26 Å². The van der Waals surface area contributed by atoms with Gasteiger partial charge < -0.3 is 5.73 Å². The van der Waals surface area contributed by atoms with E-state index in [1.165, 1.54) is 12.8 Å². The van der Waals surface area contributed by atoms with Gasteiger partial charge >= 0.3 is 0 Å². The molecule has 0 aliphatic rings. The van der Waals surface area contributed by atoms with Crippen molar-refractivity contribution in [1.82, 2.24) is 0 Å². The Balaban J connectivity index is 3.37. The van der Waals surface area contributed by atoms with Crippen molar-refractivity contribution in [3.8, 4) is 6.07 Å². The van der Waals surface area contributed by atoms with Crippen molar-refractivity contribution in [2.24, 2.45) is 11.7 Å². The summed E-state index contributed by atoms with van der Waals surface area (Å²) in [5.41, 5.74) is 5.79. The molecule has 2 N–H and O–H groups in total. The highest BCUT2D eigenvalue weighted by Gasteiger charge is 2.06. The Bertz CT molecular complexity index is 126. The molecule has 0 aromatic heterocycles. The summed E-state index contributed by atoms with van der Waals surface area (Å²) in [6, 6.07) is 2.42. The first kappa shape index (κ1) is 10.4. The Morgan fingerprint density at radius 3 is 2.64 bits per heavy atom. The largest absolute Gasteiger partial charge is 0.328 e. The molecule has 0 aromatic rings. The molecular formula is C9H18N2. The van der Waals surface area contributed by atoms with Gasteiger partial charge in [0.2, 0.25) is 0 Å². The van der Waals surface area contributed by atoms with E-state index in [2.05, 4.69) is 13.0 Å². The highest BCUT2D eigenvalue weighted by atomic mass is 14.6. The van der Waals surface area contributed by atoms with E-state index in [9.17, 15) is 0 Å². The molecule has 0 bridgehead atoms. The molecule has 11 heavy (non-hydrogen) atoms. The molecule has 64 valence electrons. The lowest BCUT2D eigenvalue weighted by Crippen LogP contribution is -2.22. The Labute approximate surface area is 69.4 Å². The third-order valence-corrected chi connectivity index (χ3v) is 1.81. The van der Waals surface area contributed by atoms with Gasteiger partial charge in [0.15, 0.2) is 0 Å². The first-order valence-electron chi connectivity index (χ1n) is 4.35. The Morgan fingerprint density at radius 2 is 2.18 bits per heavy atom. The minimum Gasteiger partial charge on any atom is -0.328 e. The van der Waals surface area contributed by atoms with Gasteiger partial charge in [0.1, 0.15) is 0 Å². The van der Waals surface area contributed by atoms with Crippen LogP contribution >= 0.6 is 0 Å². The zero-order chi connectivity index (χ0) is 8.69. The summed E-state index contributed by atoms with van der Waals surface area (Å²) < 4.78 is 0. The molecule has 0 amide bonds. The first-order chi connectivity index (χ1) is 5.20. The first-order valence-corrected chi connectivity index (χ1v) is 4.35. The lowest BCUT2D eigenvalue weighted by molar-refractivity contribution is 0.492. The van der Waals surface area contributed by atoms with Gasteiger partial charge in [0.05, 0.1) is 6.07 Å². The van der Waals surface area contributed by atoms with Crippen LogP contribution in [0.3, 0.4) is 0 Å². The van der Waals surface area contributed by atoms with E-state index >= 15 is 0 Å². The number of hydrogen-bond acceptors (Lipinski definition) is 2. The monoisotopic (exact) mass is 154 g/mol. The fraction of sp³-hybridized carbons (Fsp3) is 0.889. The normalized spacial score (nSPS) is 15.5. The standard InChI is InChI=1S/C9H18N2/c1-3-4-5-9(11)6-8(2)7-10/h8-9H,3-6,11H2,1-2H3. The molecule has 0 rings (SSSR count). The fourth-order valence-corrected chi connectivity index (χ4v) is 1.09. The van der Waals surface area contributed by atoms with Crippen molar-refractivity contribution in [2.45, 2.75) is 45.6 Å². The summed E-state index contributed by atoms with van der Waals surface area (Å²) in [6.45, 7) is 4.08. The molecule has 0 aromatic carbocycles. The number of hydrogen-bond donors (Lipinski definition) is 1. The lowest BCUT2D eigenvalue weighted by Gasteiger charge is -2.11. The summed E-state index contributed by atoms with van der Waals surface area (Å²) in [5.74, 6) is 0.113. The summed E-state index contributed by atoms with van der Waals surface area (Å²) in [5, 5.41) is 8.50. The second kappa shape index (κ2) is 6.18. The summed E-state index contributed by atoms with van der Waals surface area (Å²) in [6.07, 6.45) is 4.27. The lowest BCUT2D eigenvalue weighted by atomic mass is 10.00. The molecule has 2 nitrogen and oxygen atoms in total. The Morgan fingerprint density at radius 1 is 1.55 bits per heavy atom. The van der Waals surface area contributed by atoms with Gasteiger partial charge in [-0.3, -0.25) is 0 Å². The number of nitrogens with zero attached hydrogens (tertiary/aromatic N) is 1. The van der Waals surface area contributed by atoms with Crippen LogP contribution in [0, 0.1) is 17.2 Å². The second-order valence-electron chi connectivity index (χ2n) is 3.17. The molecular weight excluding hydrogens is 136 g/mol. The van der Waals surface area contributed by atoms with Crippen LogP contribution in [0.2, 0.25) is 0 Å². The van der Waals surface area contributed by atoms with E-state index in [0.717, 1.165) is 12.8 Å². The van der Waals surface area contributed by atoms with Crippen LogP contribution in [0.5, 0.6) is 0 Å². The predicted molar refractivity (Wildman–Crippen MR) is 46.9 cm³/mol. The van der Waals surface area contributed by atoms with Crippen LogP contribution in [0.1, 0.15) is 39.5 Å². The van der Waals surface area contributed by atoms with Crippen LogP contribution in [0.25, 0.3) is 0 Å². The van der Waals surface area contributed by atoms with Crippen molar-refractivity contribution in [3.05, 3.63) is 0 Å². The number of nitriles is 1. The smallest absolute Gasteiger partial charge is 0.0653 e. The van der Waals surface area contributed by atoms with Gasteiger partial charge in [-0.05, 0) is 19.8 Å². The quantitative estimate of drug-likeness (QED) is 0.659. The Kier molecular flexibility index (Phi) is 5.87. The van der Waals surface area contributed by atoms with Crippen molar-refractivity contribution >= 4 is 0 Å². The maximum Gasteiger partial charge on any atom is 0.0653 e. The van der Waals surface area contributed by atoms with E-state index in [-0.39, 0.29) is 12.0 Å². The molecule has 2 unspecified atom stereocenters. The minimum atomic E-state index is 0.113. The van der Waals surface area contributed by atoms with Crippen LogP contribution in [-0.4, -0.2) is 6.04 Å². The zero-order valence-electron chi connectivity index (χ0n) is 7.51. The van der Waals surface area contributed by atoms with Crippen LogP contribution in [0.4, 0.5) is 0 Å². The van der Waals surface area contributed by atoms with E-state index in [0.29, 0.717) is 0 Å². The van der Waals surface area contributed by atoms with Crippen molar-refractivity contribution in [2.75, 3.05) is 0 Å². The molecule has 0 saturated carbocycles. The highest BCUT2D eigenvalue weighted by molar-refractivity contribution is 4.81. The van der Waals surface area contributed by atoms with Gasteiger partial charge in [-0.25, -0.2) is 0 Å². The molecule has 0 aliphatic carbocycles. The highest BCUT2D eigenvalue weighted by Crippen LogP contribution is 2.08. The molecule has 0 heterocycles. The van der Waals surface area contributed by atoms with E-state index in [1.807, 2.05) is 6.92 Å². The Hall–Kier alpha value is -0.550. The predicted octanol–water partition coefficient (Wildman–Crippen LogP) is 2.05. The number of nitrogens with two attached hydrogens (primary N) is 1. The van der Waals surface area contributed by atoms with E-state index < -0.39 is 0 Å². The summed E-state index contributed by atoms with van der Waals surface area (Å²) >= 11 is 0. The van der Waals surface area contributed by atoms with Gasteiger partial charge in [-0.1, -0.05) is 19.8 Å². The number of unbranched alkanes of at least 4 members (excludes halogenated alkanes) is 1. The molecule has 2 atom stereocenters. The van der Waals surface area contributed by atoms with Crippen LogP contribution in [0.15, 0.2) is 0 Å². The summed E-state index contributed by atoms with van der Waals surface area (Å²) in [4.78, 5) is 0. The van der Waals surface area contributed by atoms with Crippen molar-refractivity contribution in [3.63, 3.8) is 0 Å². The average Bonchev–Trinajstić information content (AvgIpc) is 2.00. The molecule has 0 radical (unpaired) electrons. The third kappa shape index (κ3) is 5.87. The van der Waals surface area contributed by atoms with Crippen molar-refractivity contribution in [1.29, 1.82) is 5.26 Å². The molecule has 2 heteroatoms. The molecule has 0 saturated heterocycles. The van der Waals surface area contributed by atoms with Crippen molar-refractivity contribution < 1.29 is 0 Å². The maximum atomic E-state index is 8.50. The summed E-state index contributed by atoms with van der Waals surface area (Å²) in [7, 11) is 0. The second-order valence-corrected chi connectivity index (χ2v) is 3.17. The molecule has 0 aliphatic heterocycles. The maximum absolute atomic E-state index is 8.50. The number of rotatable bonds is 5. The van der Waals surface area contributed by atoms with Crippen LogP contribution < -0.4 is 5.73 Å². The van der Waals surface area contributed by atoms with Crippen LogP contribution in [-0.2, 0) is 0 Å².